The number of nitrogens with zero attached hydrogens (tertiary/aromatic N) is 1. The van der Waals surface area contributed by atoms with Gasteiger partial charge in [0.15, 0.2) is 5.78 Å². The minimum atomic E-state index is -4.80. The second-order valence-electron chi connectivity index (χ2n) is 5.54. The highest BCUT2D eigenvalue weighted by Gasteiger charge is 2.31. The van der Waals surface area contributed by atoms with Crippen LogP contribution in [0.2, 0.25) is 0 Å². The molecule has 1 aliphatic rings. The topological polar surface area (TPSA) is 38.7 Å². The molecule has 3 rings (SSSR count). The van der Waals surface area contributed by atoms with Gasteiger partial charge in [-0.1, -0.05) is 54.6 Å². The average molecular weight is 357 g/mol. The average Bonchev–Trinajstić information content (AvgIpc) is 3.08. The monoisotopic (exact) mass is 357 g/mol. The Hall–Kier alpha value is -3.15. The first-order chi connectivity index (χ1) is 12.4. The third-order valence-electron chi connectivity index (χ3n) is 3.60. The van der Waals surface area contributed by atoms with Gasteiger partial charge in [0.05, 0.1) is 5.71 Å². The summed E-state index contributed by atoms with van der Waals surface area (Å²) < 4.78 is 40.8. The fourth-order valence-corrected chi connectivity index (χ4v) is 2.44. The molecule has 0 saturated carbocycles. The Labute approximate surface area is 148 Å². The molecule has 0 spiro atoms. The van der Waals surface area contributed by atoms with E-state index >= 15 is 0 Å². The molecule has 2 aromatic rings. The number of carbonyl (C=O) groups is 1. The quantitative estimate of drug-likeness (QED) is 0.717. The van der Waals surface area contributed by atoms with Gasteiger partial charge in [0.1, 0.15) is 11.8 Å². The first-order valence-corrected chi connectivity index (χ1v) is 7.80. The molecular weight excluding hydrogens is 343 g/mol. The largest absolute Gasteiger partial charge is 0.573 e. The van der Waals surface area contributed by atoms with Gasteiger partial charge in [-0.3, -0.25) is 9.79 Å². The molecule has 0 saturated heterocycles. The van der Waals surface area contributed by atoms with Gasteiger partial charge in [-0.2, -0.15) is 0 Å². The lowest BCUT2D eigenvalue weighted by atomic mass is 10.0. The zero-order chi connectivity index (χ0) is 18.6. The Kier molecular flexibility index (Phi) is 5.02. The van der Waals surface area contributed by atoms with Gasteiger partial charge < -0.3 is 4.74 Å². The molecule has 0 fully saturated rings. The molecule has 2 aromatic carbocycles. The van der Waals surface area contributed by atoms with Gasteiger partial charge in [-0.25, -0.2) is 0 Å². The molecule has 0 N–H and O–H groups in total. The molecule has 1 unspecified atom stereocenters. The molecule has 132 valence electrons. The third-order valence-corrected chi connectivity index (χ3v) is 3.60. The zero-order valence-corrected chi connectivity index (χ0v) is 13.5. The van der Waals surface area contributed by atoms with Crippen molar-refractivity contribution >= 4 is 17.6 Å². The van der Waals surface area contributed by atoms with E-state index in [-0.39, 0.29) is 5.56 Å². The standard InChI is InChI=1S/C20H14F3NO2/c21-20(22,23)26-17-8-4-7-15(13-17)19(25)18-12-11-16(24-18)10-9-14-5-2-1-3-6-14/h1-13,18H/b10-9+. The summed E-state index contributed by atoms with van der Waals surface area (Å²) in [5, 5.41) is 0. The molecule has 1 heterocycles. The predicted octanol–water partition coefficient (Wildman–Crippen LogP) is 4.86. The summed E-state index contributed by atoms with van der Waals surface area (Å²) in [5.74, 6) is -0.824. The summed E-state index contributed by atoms with van der Waals surface area (Å²) in [6, 6.07) is 13.8. The van der Waals surface area contributed by atoms with Gasteiger partial charge in [0.2, 0.25) is 0 Å². The van der Waals surface area contributed by atoms with E-state index in [1.54, 1.807) is 18.2 Å². The Morgan fingerprint density at radius 1 is 1.04 bits per heavy atom. The first kappa shape index (κ1) is 17.7. The van der Waals surface area contributed by atoms with Crippen molar-refractivity contribution in [3.63, 3.8) is 0 Å². The van der Waals surface area contributed by atoms with Crippen LogP contribution in [0.1, 0.15) is 15.9 Å². The maximum atomic E-state index is 12.5. The van der Waals surface area contributed by atoms with E-state index in [1.807, 2.05) is 36.4 Å². The van der Waals surface area contributed by atoms with Gasteiger partial charge in [-0.15, -0.1) is 13.2 Å². The van der Waals surface area contributed by atoms with Crippen molar-refractivity contribution in [2.24, 2.45) is 4.99 Å². The number of halogens is 3. The number of alkyl halides is 3. The van der Waals surface area contributed by atoms with Gasteiger partial charge in [0.25, 0.3) is 0 Å². The number of hydrogen-bond donors (Lipinski definition) is 0. The minimum absolute atomic E-state index is 0.110. The summed E-state index contributed by atoms with van der Waals surface area (Å²) in [4.78, 5) is 16.8. The van der Waals surface area contributed by atoms with Crippen LogP contribution < -0.4 is 4.74 Å². The van der Waals surface area contributed by atoms with Crippen molar-refractivity contribution in [2.75, 3.05) is 0 Å². The molecule has 3 nitrogen and oxygen atoms in total. The van der Waals surface area contributed by atoms with Crippen molar-refractivity contribution in [2.45, 2.75) is 12.4 Å². The number of allylic oxidation sites excluding steroid dienone is 2. The lowest BCUT2D eigenvalue weighted by Crippen LogP contribution is -2.18. The van der Waals surface area contributed by atoms with Gasteiger partial charge >= 0.3 is 6.36 Å². The molecule has 0 radical (unpaired) electrons. The maximum absolute atomic E-state index is 12.5. The number of Topliss-reactive ketones (excluding diaryl/α,β-unsaturated/α-hetero) is 1. The van der Waals surface area contributed by atoms with E-state index < -0.39 is 23.9 Å². The SMILES string of the molecule is O=C(c1cccc(OC(F)(F)F)c1)C1C=CC(/C=C/c2ccccc2)=N1. The van der Waals surface area contributed by atoms with Crippen LogP contribution in [0.25, 0.3) is 6.08 Å². The summed E-state index contributed by atoms with van der Waals surface area (Å²) in [6.07, 6.45) is 2.17. The lowest BCUT2D eigenvalue weighted by Gasteiger charge is -2.10. The zero-order valence-electron chi connectivity index (χ0n) is 13.5. The number of carbonyl (C=O) groups excluding carboxylic acids is 1. The molecule has 0 bridgehead atoms. The van der Waals surface area contributed by atoms with E-state index in [4.69, 9.17) is 0 Å². The number of rotatable bonds is 5. The fourth-order valence-electron chi connectivity index (χ4n) is 2.44. The lowest BCUT2D eigenvalue weighted by molar-refractivity contribution is -0.274. The number of hydrogen-bond acceptors (Lipinski definition) is 3. The van der Waals surface area contributed by atoms with Crippen LogP contribution in [0.15, 0.2) is 77.8 Å². The Morgan fingerprint density at radius 3 is 2.54 bits per heavy atom. The molecule has 26 heavy (non-hydrogen) atoms. The normalized spacial score (nSPS) is 16.7. The third kappa shape index (κ3) is 4.69. The predicted molar refractivity (Wildman–Crippen MR) is 93.3 cm³/mol. The summed E-state index contributed by atoms with van der Waals surface area (Å²) in [6.45, 7) is 0. The van der Waals surface area contributed by atoms with Crippen LogP contribution in [-0.4, -0.2) is 23.9 Å². The molecule has 0 amide bonds. The van der Waals surface area contributed by atoms with Crippen molar-refractivity contribution in [3.05, 3.63) is 84.0 Å². The van der Waals surface area contributed by atoms with Gasteiger partial charge in [-0.05, 0) is 29.8 Å². The van der Waals surface area contributed by atoms with E-state index in [2.05, 4.69) is 9.73 Å². The van der Waals surface area contributed by atoms with Crippen LogP contribution in [0, 0.1) is 0 Å². The highest BCUT2D eigenvalue weighted by molar-refractivity contribution is 6.12. The fraction of sp³-hybridized carbons (Fsp3) is 0.100. The van der Waals surface area contributed by atoms with E-state index in [1.165, 1.54) is 12.1 Å². The minimum Gasteiger partial charge on any atom is -0.406 e. The summed E-state index contributed by atoms with van der Waals surface area (Å²) in [7, 11) is 0. The Bertz CT molecular complexity index is 883. The number of ketones is 1. The highest BCUT2D eigenvalue weighted by Crippen LogP contribution is 2.24. The Morgan fingerprint density at radius 2 is 1.81 bits per heavy atom. The molecule has 1 atom stereocenters. The molecule has 0 aliphatic carbocycles. The molecular formula is C20H14F3NO2. The van der Waals surface area contributed by atoms with E-state index in [0.717, 1.165) is 17.7 Å². The van der Waals surface area contributed by atoms with Crippen LogP contribution in [0.5, 0.6) is 5.75 Å². The van der Waals surface area contributed by atoms with Crippen LogP contribution in [-0.2, 0) is 0 Å². The first-order valence-electron chi connectivity index (χ1n) is 7.80. The summed E-state index contributed by atoms with van der Waals surface area (Å²) >= 11 is 0. The number of aliphatic imine (C=N–C) groups is 1. The molecule has 0 aromatic heterocycles. The second kappa shape index (κ2) is 7.39. The van der Waals surface area contributed by atoms with Crippen molar-refractivity contribution < 1.29 is 22.7 Å². The van der Waals surface area contributed by atoms with E-state index in [0.29, 0.717) is 5.71 Å². The van der Waals surface area contributed by atoms with Crippen molar-refractivity contribution in [1.82, 2.24) is 0 Å². The maximum Gasteiger partial charge on any atom is 0.573 e. The van der Waals surface area contributed by atoms with Crippen molar-refractivity contribution in [3.8, 4) is 5.75 Å². The molecule has 6 heteroatoms. The smallest absolute Gasteiger partial charge is 0.406 e. The van der Waals surface area contributed by atoms with Crippen LogP contribution >= 0.6 is 0 Å². The van der Waals surface area contributed by atoms with E-state index in [9.17, 15) is 18.0 Å². The summed E-state index contributed by atoms with van der Waals surface area (Å²) in [5.41, 5.74) is 1.73. The van der Waals surface area contributed by atoms with Crippen molar-refractivity contribution in [1.29, 1.82) is 0 Å². The van der Waals surface area contributed by atoms with Crippen LogP contribution in [0.4, 0.5) is 13.2 Å². The Balaban J connectivity index is 1.71. The van der Waals surface area contributed by atoms with Crippen LogP contribution in [0.3, 0.4) is 0 Å². The molecule has 1 aliphatic heterocycles. The number of benzene rings is 2. The number of ether oxygens (including phenoxy) is 1. The second-order valence-corrected chi connectivity index (χ2v) is 5.54. The highest BCUT2D eigenvalue weighted by atomic mass is 19.4. The van der Waals surface area contributed by atoms with Gasteiger partial charge in [0, 0.05) is 5.56 Å².